The lowest BCUT2D eigenvalue weighted by atomic mass is 10.3. The number of aromatic amines is 1. The van der Waals surface area contributed by atoms with E-state index in [4.69, 9.17) is 0 Å². The van der Waals surface area contributed by atoms with Crippen molar-refractivity contribution in [1.82, 2.24) is 4.98 Å². The number of thiophene rings is 2. The van der Waals surface area contributed by atoms with Crippen LogP contribution >= 0.6 is 22.7 Å². The molecule has 3 aromatic heterocycles. The predicted octanol–water partition coefficient (Wildman–Crippen LogP) is 2.27. The summed E-state index contributed by atoms with van der Waals surface area (Å²) in [4.78, 5) is 25.8. The van der Waals surface area contributed by atoms with E-state index in [9.17, 15) is 9.59 Å². The lowest BCUT2D eigenvalue weighted by Crippen LogP contribution is -2.12. The van der Waals surface area contributed by atoms with Crippen LogP contribution in [0.25, 0.3) is 20.7 Å². The van der Waals surface area contributed by atoms with Gasteiger partial charge in [0.25, 0.3) is 0 Å². The molecule has 0 radical (unpaired) electrons. The molecule has 4 nitrogen and oxygen atoms in total. The van der Waals surface area contributed by atoms with Gasteiger partial charge in [0.15, 0.2) is 0 Å². The van der Waals surface area contributed by atoms with Crippen LogP contribution in [0.1, 0.15) is 0 Å². The molecule has 0 aliphatic rings. The fourth-order valence-electron chi connectivity index (χ4n) is 1.45. The molecule has 0 fully saturated rings. The summed E-state index contributed by atoms with van der Waals surface area (Å²) in [6.07, 6.45) is 0. The van der Waals surface area contributed by atoms with Gasteiger partial charge >= 0.3 is 11.4 Å². The normalized spacial score (nSPS) is 11.0. The molecule has 0 atom stereocenters. The van der Waals surface area contributed by atoms with Crippen molar-refractivity contribution < 1.29 is 4.42 Å². The summed E-state index contributed by atoms with van der Waals surface area (Å²) in [5, 5.41) is 3.95. The Bertz CT molecular complexity index is 748. The highest BCUT2D eigenvalue weighted by atomic mass is 32.1. The maximum Gasteiger partial charge on any atom is 0.419 e. The predicted molar refractivity (Wildman–Crippen MR) is 64.3 cm³/mol. The van der Waals surface area contributed by atoms with Crippen molar-refractivity contribution in [2.45, 2.75) is 0 Å². The van der Waals surface area contributed by atoms with Crippen LogP contribution < -0.4 is 11.4 Å². The summed E-state index contributed by atoms with van der Waals surface area (Å²) in [7, 11) is 0. The summed E-state index contributed by atoms with van der Waals surface area (Å²) in [6.45, 7) is 0. The molecule has 0 saturated heterocycles. The molecule has 0 saturated carbocycles. The third-order valence-corrected chi connectivity index (χ3v) is 3.99. The van der Waals surface area contributed by atoms with E-state index < -0.39 is 11.4 Å². The minimum atomic E-state index is -0.716. The molecule has 0 bridgehead atoms. The van der Waals surface area contributed by atoms with Gasteiger partial charge in [-0.15, -0.1) is 11.3 Å². The maximum atomic E-state index is 11.4. The number of rotatable bonds is 1. The van der Waals surface area contributed by atoms with Crippen LogP contribution in [-0.4, -0.2) is 4.98 Å². The van der Waals surface area contributed by atoms with E-state index in [1.807, 2.05) is 16.8 Å². The van der Waals surface area contributed by atoms with Gasteiger partial charge < -0.3 is 4.42 Å². The van der Waals surface area contributed by atoms with Crippen molar-refractivity contribution in [1.29, 1.82) is 0 Å². The number of nitrogens with one attached hydrogen (secondary N) is 1. The highest BCUT2D eigenvalue weighted by Gasteiger charge is 2.09. The zero-order valence-electron chi connectivity index (χ0n) is 7.85. The molecule has 1 N–H and O–H groups in total. The monoisotopic (exact) mass is 251 g/mol. The van der Waals surface area contributed by atoms with E-state index >= 15 is 0 Å². The van der Waals surface area contributed by atoms with Crippen LogP contribution in [0.15, 0.2) is 36.9 Å². The Morgan fingerprint density at radius 2 is 2.19 bits per heavy atom. The first-order valence-electron chi connectivity index (χ1n) is 4.43. The minimum absolute atomic E-state index is 0.445. The number of hydrogen-bond acceptors (Lipinski definition) is 5. The Balaban J connectivity index is 2.36. The molecule has 6 heteroatoms. The zero-order valence-corrected chi connectivity index (χ0v) is 9.48. The van der Waals surface area contributed by atoms with Crippen LogP contribution in [-0.2, 0) is 0 Å². The molecule has 0 spiro atoms. The molecular weight excluding hydrogens is 246 g/mol. The fourth-order valence-corrected chi connectivity index (χ4v) is 3.17. The minimum Gasteiger partial charge on any atom is -0.372 e. The largest absolute Gasteiger partial charge is 0.419 e. The quantitative estimate of drug-likeness (QED) is 0.721. The summed E-state index contributed by atoms with van der Waals surface area (Å²) < 4.78 is 4.91. The van der Waals surface area contributed by atoms with Gasteiger partial charge in [-0.25, -0.2) is 9.59 Å². The Kier molecular flexibility index (Phi) is 2.05. The highest BCUT2D eigenvalue weighted by Crippen LogP contribution is 2.31. The average Bonchev–Trinajstić information content (AvgIpc) is 2.82. The van der Waals surface area contributed by atoms with Gasteiger partial charge in [0.2, 0.25) is 0 Å². The molecule has 0 unspecified atom stereocenters. The van der Waals surface area contributed by atoms with Gasteiger partial charge in [0, 0.05) is 10.4 Å². The van der Waals surface area contributed by atoms with Crippen LogP contribution in [0, 0.1) is 0 Å². The lowest BCUT2D eigenvalue weighted by molar-refractivity contribution is 0.461. The maximum absolute atomic E-state index is 11.4. The molecule has 0 aliphatic heterocycles. The Labute approximate surface area is 96.8 Å². The second-order valence-electron chi connectivity index (χ2n) is 3.17. The van der Waals surface area contributed by atoms with Crippen LogP contribution in [0.5, 0.6) is 0 Å². The zero-order chi connectivity index (χ0) is 11.1. The van der Waals surface area contributed by atoms with Crippen molar-refractivity contribution in [2.75, 3.05) is 0 Å². The van der Waals surface area contributed by atoms with Crippen molar-refractivity contribution >= 4 is 32.9 Å². The standard InChI is InChI=1S/C10H5NO3S2/c12-9-8-6(11-10(13)14-9)3-7(16-8)5-1-2-15-4-5/h1-4H,(H,11,13). The van der Waals surface area contributed by atoms with Gasteiger partial charge in [-0.1, -0.05) is 0 Å². The van der Waals surface area contributed by atoms with E-state index in [1.165, 1.54) is 11.3 Å². The van der Waals surface area contributed by atoms with E-state index in [0.717, 1.165) is 10.4 Å². The molecule has 3 heterocycles. The van der Waals surface area contributed by atoms with Gasteiger partial charge in [-0.05, 0) is 22.9 Å². The lowest BCUT2D eigenvalue weighted by Gasteiger charge is -1.85. The van der Waals surface area contributed by atoms with Gasteiger partial charge in [0.05, 0.1) is 5.52 Å². The fraction of sp³-hybridized carbons (Fsp3) is 0. The van der Waals surface area contributed by atoms with E-state index in [1.54, 1.807) is 17.4 Å². The molecule has 3 aromatic rings. The van der Waals surface area contributed by atoms with Crippen LogP contribution in [0.4, 0.5) is 0 Å². The van der Waals surface area contributed by atoms with Crippen molar-refractivity contribution in [3.8, 4) is 10.4 Å². The van der Waals surface area contributed by atoms with Gasteiger partial charge in [0.1, 0.15) is 4.70 Å². The summed E-state index contributed by atoms with van der Waals surface area (Å²) in [5.74, 6) is -0.716. The topological polar surface area (TPSA) is 63.1 Å². The third kappa shape index (κ3) is 1.43. The highest BCUT2D eigenvalue weighted by molar-refractivity contribution is 7.22. The number of aromatic nitrogens is 1. The number of hydrogen-bond donors (Lipinski definition) is 1. The molecule has 16 heavy (non-hydrogen) atoms. The van der Waals surface area contributed by atoms with E-state index in [0.29, 0.717) is 10.2 Å². The first kappa shape index (κ1) is 9.56. The Morgan fingerprint density at radius 3 is 2.94 bits per heavy atom. The molecular formula is C10H5NO3S2. The number of fused-ring (bicyclic) bond motifs is 1. The number of H-pyrrole nitrogens is 1. The first-order valence-corrected chi connectivity index (χ1v) is 6.19. The van der Waals surface area contributed by atoms with Crippen LogP contribution in [0.3, 0.4) is 0 Å². The Morgan fingerprint density at radius 1 is 1.31 bits per heavy atom. The average molecular weight is 251 g/mol. The summed E-state index contributed by atoms with van der Waals surface area (Å²) >= 11 is 2.91. The van der Waals surface area contributed by atoms with Crippen LogP contribution in [0.2, 0.25) is 0 Å². The van der Waals surface area contributed by atoms with Crippen molar-refractivity contribution in [3.63, 3.8) is 0 Å². The second-order valence-corrected chi connectivity index (χ2v) is 5.00. The second kappa shape index (κ2) is 3.43. The molecule has 0 aromatic carbocycles. The molecule has 3 rings (SSSR count). The summed E-state index contributed by atoms with van der Waals surface area (Å²) in [6, 6.07) is 3.76. The smallest absolute Gasteiger partial charge is 0.372 e. The molecule has 0 aliphatic carbocycles. The third-order valence-electron chi connectivity index (χ3n) is 2.15. The Hall–Kier alpha value is -1.66. The summed E-state index contributed by atoms with van der Waals surface area (Å²) in [5.41, 5.74) is 1.00. The molecule has 80 valence electrons. The molecule has 0 amide bonds. The van der Waals surface area contributed by atoms with E-state index in [2.05, 4.69) is 9.40 Å². The van der Waals surface area contributed by atoms with E-state index in [-0.39, 0.29) is 0 Å². The van der Waals surface area contributed by atoms with Gasteiger partial charge in [-0.2, -0.15) is 11.3 Å². The SMILES string of the molecule is O=c1[nH]c2cc(-c3ccsc3)sc2c(=O)o1. The van der Waals surface area contributed by atoms with Gasteiger partial charge in [-0.3, -0.25) is 4.98 Å². The first-order chi connectivity index (χ1) is 7.74. The van der Waals surface area contributed by atoms with Crippen molar-refractivity contribution in [3.05, 3.63) is 43.9 Å². The van der Waals surface area contributed by atoms with Crippen molar-refractivity contribution in [2.24, 2.45) is 0 Å².